The van der Waals surface area contributed by atoms with E-state index in [1.807, 2.05) is 25.2 Å². The maximum absolute atomic E-state index is 12.9. The van der Waals surface area contributed by atoms with E-state index in [1.54, 1.807) is 19.0 Å². The molecule has 2 heterocycles. The molecule has 0 aliphatic carbocycles. The molecule has 0 saturated carbocycles. The van der Waals surface area contributed by atoms with Gasteiger partial charge in [0.25, 0.3) is 5.91 Å². The Kier molecular flexibility index (Phi) is 5.01. The molecule has 0 aliphatic heterocycles. The van der Waals surface area contributed by atoms with E-state index in [1.165, 1.54) is 4.90 Å². The van der Waals surface area contributed by atoms with E-state index >= 15 is 0 Å². The molecular weight excluding hydrogens is 306 g/mol. The standard InChI is InChI=1S/C17H27N5O2/c1-8-11(3)21-12(4)13(5)22-14(16(24)19(6)9-2)15(18-17(21)22)20(7)10-23/h10-11H,8-9H2,1-7H3. The van der Waals surface area contributed by atoms with Crippen LogP contribution >= 0.6 is 0 Å². The van der Waals surface area contributed by atoms with Crippen molar-refractivity contribution in [1.29, 1.82) is 0 Å². The van der Waals surface area contributed by atoms with Crippen molar-refractivity contribution in [2.24, 2.45) is 0 Å². The second-order valence-electron chi connectivity index (χ2n) is 6.25. The molecule has 7 nitrogen and oxygen atoms in total. The number of carbonyl (C=O) groups excluding carboxylic acids is 2. The fraction of sp³-hybridized carbons (Fsp3) is 0.588. The lowest BCUT2D eigenvalue weighted by molar-refractivity contribution is -0.107. The zero-order valence-corrected chi connectivity index (χ0v) is 15.6. The topological polar surface area (TPSA) is 62.9 Å². The van der Waals surface area contributed by atoms with Gasteiger partial charge in [0.2, 0.25) is 12.2 Å². The zero-order chi connectivity index (χ0) is 18.2. The Bertz CT molecular complexity index is 774. The van der Waals surface area contributed by atoms with Gasteiger partial charge in [0.1, 0.15) is 0 Å². The monoisotopic (exact) mass is 333 g/mol. The lowest BCUT2D eigenvalue weighted by Crippen LogP contribution is -2.29. The minimum atomic E-state index is -0.141. The summed E-state index contributed by atoms with van der Waals surface area (Å²) in [4.78, 5) is 31.8. The number of fused-ring (bicyclic) bond motifs is 1. The van der Waals surface area contributed by atoms with Gasteiger partial charge >= 0.3 is 0 Å². The van der Waals surface area contributed by atoms with Crippen LogP contribution in [0.2, 0.25) is 0 Å². The number of carbonyl (C=O) groups is 2. The van der Waals surface area contributed by atoms with Crippen molar-refractivity contribution >= 4 is 23.9 Å². The van der Waals surface area contributed by atoms with Crippen LogP contribution in [0.1, 0.15) is 55.1 Å². The quantitative estimate of drug-likeness (QED) is 0.763. The van der Waals surface area contributed by atoms with Crippen molar-refractivity contribution in [2.75, 3.05) is 25.5 Å². The number of aryl methyl sites for hydroxylation is 1. The van der Waals surface area contributed by atoms with Crippen LogP contribution in [0.4, 0.5) is 5.82 Å². The van der Waals surface area contributed by atoms with Crippen LogP contribution in [0, 0.1) is 13.8 Å². The van der Waals surface area contributed by atoms with Crippen LogP contribution in [0.25, 0.3) is 5.78 Å². The van der Waals surface area contributed by atoms with Gasteiger partial charge in [-0.2, -0.15) is 4.98 Å². The zero-order valence-electron chi connectivity index (χ0n) is 15.6. The molecule has 2 amide bonds. The molecule has 0 fully saturated rings. The summed E-state index contributed by atoms with van der Waals surface area (Å²) < 4.78 is 4.02. The van der Waals surface area contributed by atoms with E-state index in [0.717, 1.165) is 17.8 Å². The fourth-order valence-corrected chi connectivity index (χ4v) is 2.88. The summed E-state index contributed by atoms with van der Waals surface area (Å²) in [7, 11) is 3.37. The Morgan fingerprint density at radius 1 is 1.25 bits per heavy atom. The summed E-state index contributed by atoms with van der Waals surface area (Å²) in [5, 5.41) is 0. The van der Waals surface area contributed by atoms with Crippen LogP contribution in [-0.4, -0.2) is 51.8 Å². The number of rotatable bonds is 6. The number of amides is 2. The number of nitrogens with zero attached hydrogens (tertiary/aromatic N) is 5. The molecule has 132 valence electrons. The predicted octanol–water partition coefficient (Wildman–Crippen LogP) is 2.41. The molecule has 1 atom stereocenters. The highest BCUT2D eigenvalue weighted by Crippen LogP contribution is 2.29. The van der Waals surface area contributed by atoms with Crippen LogP contribution < -0.4 is 4.90 Å². The van der Waals surface area contributed by atoms with Crippen LogP contribution in [0.3, 0.4) is 0 Å². The van der Waals surface area contributed by atoms with Crippen molar-refractivity contribution in [3.63, 3.8) is 0 Å². The smallest absolute Gasteiger partial charge is 0.274 e. The van der Waals surface area contributed by atoms with E-state index in [9.17, 15) is 9.59 Å². The molecule has 0 saturated heterocycles. The second-order valence-corrected chi connectivity index (χ2v) is 6.25. The Labute approximate surface area is 142 Å². The highest BCUT2D eigenvalue weighted by atomic mass is 16.2. The van der Waals surface area contributed by atoms with Crippen molar-refractivity contribution in [3.8, 4) is 0 Å². The van der Waals surface area contributed by atoms with Gasteiger partial charge in [0, 0.05) is 38.1 Å². The molecule has 0 N–H and O–H groups in total. The summed E-state index contributed by atoms with van der Waals surface area (Å²) in [6.07, 6.45) is 1.63. The van der Waals surface area contributed by atoms with Gasteiger partial charge in [-0.15, -0.1) is 0 Å². The summed E-state index contributed by atoms with van der Waals surface area (Å²) in [6.45, 7) is 10.8. The van der Waals surface area contributed by atoms with Gasteiger partial charge in [-0.05, 0) is 34.1 Å². The van der Waals surface area contributed by atoms with E-state index in [4.69, 9.17) is 0 Å². The third-order valence-corrected chi connectivity index (χ3v) is 4.82. The highest BCUT2D eigenvalue weighted by Gasteiger charge is 2.29. The molecule has 0 aromatic carbocycles. The first kappa shape index (κ1) is 18.0. The van der Waals surface area contributed by atoms with Crippen molar-refractivity contribution in [3.05, 3.63) is 17.1 Å². The lowest BCUT2D eigenvalue weighted by atomic mass is 10.2. The van der Waals surface area contributed by atoms with Gasteiger partial charge in [-0.3, -0.25) is 14.0 Å². The molecule has 24 heavy (non-hydrogen) atoms. The number of imidazole rings is 2. The largest absolute Gasteiger partial charge is 0.341 e. The van der Waals surface area contributed by atoms with Crippen molar-refractivity contribution < 1.29 is 9.59 Å². The molecule has 2 rings (SSSR count). The van der Waals surface area contributed by atoms with E-state index < -0.39 is 0 Å². The molecule has 1 unspecified atom stereocenters. The Morgan fingerprint density at radius 3 is 2.38 bits per heavy atom. The Hall–Kier alpha value is -2.31. The maximum atomic E-state index is 12.9. The number of anilines is 1. The summed E-state index contributed by atoms with van der Waals surface area (Å²) in [6, 6.07) is 0.254. The molecule has 7 heteroatoms. The molecular formula is C17H27N5O2. The van der Waals surface area contributed by atoms with Gasteiger partial charge < -0.3 is 14.4 Å². The number of hydrogen-bond acceptors (Lipinski definition) is 3. The number of hydrogen-bond donors (Lipinski definition) is 0. The lowest BCUT2D eigenvalue weighted by Gasteiger charge is -2.17. The molecule has 0 radical (unpaired) electrons. The number of aromatic nitrogens is 3. The van der Waals surface area contributed by atoms with Crippen molar-refractivity contribution in [2.45, 2.75) is 47.1 Å². The maximum Gasteiger partial charge on any atom is 0.274 e. The van der Waals surface area contributed by atoms with Crippen molar-refractivity contribution in [1.82, 2.24) is 18.9 Å². The molecule has 0 aliphatic rings. The van der Waals surface area contributed by atoms with Gasteiger partial charge in [-0.1, -0.05) is 6.92 Å². The molecule has 0 bridgehead atoms. The average molecular weight is 333 g/mol. The van der Waals surface area contributed by atoms with E-state index in [0.29, 0.717) is 30.2 Å². The minimum Gasteiger partial charge on any atom is -0.341 e. The molecule has 0 spiro atoms. The Morgan fingerprint density at radius 2 is 1.88 bits per heavy atom. The van der Waals surface area contributed by atoms with Gasteiger partial charge in [0.15, 0.2) is 11.5 Å². The first-order valence-corrected chi connectivity index (χ1v) is 8.33. The molecule has 2 aromatic heterocycles. The van der Waals surface area contributed by atoms with E-state index in [-0.39, 0.29) is 11.9 Å². The highest BCUT2D eigenvalue weighted by molar-refractivity contribution is 6.00. The third-order valence-electron chi connectivity index (χ3n) is 4.82. The van der Waals surface area contributed by atoms with Crippen LogP contribution in [0.15, 0.2) is 0 Å². The second kappa shape index (κ2) is 6.67. The van der Waals surface area contributed by atoms with Crippen LogP contribution in [-0.2, 0) is 4.79 Å². The summed E-state index contributed by atoms with van der Waals surface area (Å²) >= 11 is 0. The average Bonchev–Trinajstić information content (AvgIpc) is 3.08. The SMILES string of the molecule is CCC(C)n1c(C)c(C)n2c(C(=O)N(C)CC)c(N(C)C=O)nc12. The van der Waals surface area contributed by atoms with Crippen LogP contribution in [0.5, 0.6) is 0 Å². The van der Waals surface area contributed by atoms with Gasteiger partial charge in [-0.25, -0.2) is 0 Å². The minimum absolute atomic E-state index is 0.141. The van der Waals surface area contributed by atoms with Gasteiger partial charge in [0.05, 0.1) is 0 Å². The summed E-state index contributed by atoms with van der Waals surface area (Å²) in [5.41, 5.74) is 2.49. The normalized spacial score (nSPS) is 12.5. The third kappa shape index (κ3) is 2.57. The predicted molar refractivity (Wildman–Crippen MR) is 94.8 cm³/mol. The van der Waals surface area contributed by atoms with E-state index in [2.05, 4.69) is 23.4 Å². The Balaban J connectivity index is 2.87. The fourth-order valence-electron chi connectivity index (χ4n) is 2.88. The first-order valence-electron chi connectivity index (χ1n) is 8.33. The molecule has 2 aromatic rings. The first-order chi connectivity index (χ1) is 11.3. The summed E-state index contributed by atoms with van der Waals surface area (Å²) in [5.74, 6) is 0.958.